The molecule has 1 heteroatoms. The first-order chi connectivity index (χ1) is 7.17. The van der Waals surface area contributed by atoms with Gasteiger partial charge in [-0.15, -0.1) is 0 Å². The first kappa shape index (κ1) is 15.0. The van der Waals surface area contributed by atoms with Crippen molar-refractivity contribution in [2.24, 2.45) is 11.8 Å². The molecule has 0 amide bonds. The van der Waals surface area contributed by atoms with E-state index in [0.29, 0.717) is 0 Å². The Labute approximate surface area is 97.0 Å². The monoisotopic (exact) mass is 213 g/mol. The Morgan fingerprint density at radius 1 is 0.800 bits per heavy atom. The van der Waals surface area contributed by atoms with E-state index in [2.05, 4.69) is 39.9 Å². The van der Waals surface area contributed by atoms with Gasteiger partial charge in [-0.2, -0.15) is 0 Å². The van der Waals surface area contributed by atoms with Gasteiger partial charge in [-0.3, -0.25) is 0 Å². The van der Waals surface area contributed by atoms with Gasteiger partial charge in [-0.25, -0.2) is 0 Å². The summed E-state index contributed by atoms with van der Waals surface area (Å²) in [4.78, 5) is 0. The molecule has 0 heterocycles. The van der Waals surface area contributed by atoms with E-state index >= 15 is 0 Å². The lowest BCUT2D eigenvalue weighted by molar-refractivity contribution is 0.259. The van der Waals surface area contributed by atoms with Gasteiger partial charge in [0.15, 0.2) is 0 Å². The molecule has 2 unspecified atom stereocenters. The largest absolute Gasteiger partial charge is 0.313 e. The van der Waals surface area contributed by atoms with Crippen LogP contribution < -0.4 is 5.32 Å². The molecule has 0 bridgehead atoms. The fourth-order valence-electron chi connectivity index (χ4n) is 2.54. The van der Waals surface area contributed by atoms with E-state index in [1.807, 2.05) is 0 Å². The third-order valence-electron chi connectivity index (χ3n) is 3.34. The molecule has 0 aromatic heterocycles. The van der Waals surface area contributed by atoms with Crippen LogP contribution in [0.3, 0.4) is 0 Å². The van der Waals surface area contributed by atoms with Crippen molar-refractivity contribution in [3.8, 4) is 0 Å². The molecule has 0 aromatic rings. The van der Waals surface area contributed by atoms with Gasteiger partial charge in [-0.05, 0) is 37.6 Å². The molecule has 0 aromatic carbocycles. The topological polar surface area (TPSA) is 12.0 Å². The molecule has 15 heavy (non-hydrogen) atoms. The van der Waals surface area contributed by atoms with Crippen LogP contribution >= 0.6 is 0 Å². The zero-order chi connectivity index (χ0) is 11.7. The Hall–Kier alpha value is -0.0400. The maximum atomic E-state index is 3.74. The molecule has 0 aliphatic rings. The Morgan fingerprint density at radius 2 is 1.27 bits per heavy atom. The first-order valence-electron chi connectivity index (χ1n) is 6.90. The highest BCUT2D eigenvalue weighted by atomic mass is 14.9. The third-order valence-corrected chi connectivity index (χ3v) is 3.34. The van der Waals surface area contributed by atoms with Crippen molar-refractivity contribution in [3.05, 3.63) is 0 Å². The summed E-state index contributed by atoms with van der Waals surface area (Å²) in [5, 5.41) is 3.74. The first-order valence-corrected chi connectivity index (χ1v) is 6.90. The van der Waals surface area contributed by atoms with Crippen molar-refractivity contribution in [3.63, 3.8) is 0 Å². The molecule has 0 spiro atoms. The van der Waals surface area contributed by atoms with Crippen LogP contribution in [0.1, 0.15) is 66.7 Å². The number of nitrogens with one attached hydrogen (secondary N) is 1. The van der Waals surface area contributed by atoms with Gasteiger partial charge in [0.1, 0.15) is 0 Å². The van der Waals surface area contributed by atoms with E-state index in [1.54, 1.807) is 0 Å². The lowest BCUT2D eigenvalue weighted by atomic mass is 9.85. The molecule has 1 nitrogen and oxygen atoms in total. The Kier molecular flexibility index (Phi) is 9.18. The third kappa shape index (κ3) is 6.19. The van der Waals surface area contributed by atoms with E-state index < -0.39 is 0 Å². The van der Waals surface area contributed by atoms with Gasteiger partial charge < -0.3 is 5.32 Å². The molecule has 0 fully saturated rings. The second-order valence-corrected chi connectivity index (χ2v) is 5.01. The second-order valence-electron chi connectivity index (χ2n) is 5.01. The summed E-state index contributed by atoms with van der Waals surface area (Å²) in [5.41, 5.74) is 0. The van der Waals surface area contributed by atoms with Crippen LogP contribution in [0.25, 0.3) is 0 Å². The highest BCUT2D eigenvalue weighted by Gasteiger charge is 2.21. The van der Waals surface area contributed by atoms with Crippen molar-refractivity contribution in [2.75, 3.05) is 6.54 Å². The van der Waals surface area contributed by atoms with Crippen LogP contribution in [-0.2, 0) is 0 Å². The summed E-state index contributed by atoms with van der Waals surface area (Å²) < 4.78 is 0. The molecule has 2 atom stereocenters. The molecule has 0 aliphatic carbocycles. The molecule has 0 aliphatic heterocycles. The van der Waals surface area contributed by atoms with E-state index in [4.69, 9.17) is 0 Å². The molecule has 0 saturated carbocycles. The lowest BCUT2D eigenvalue weighted by Crippen LogP contribution is -2.40. The maximum absolute atomic E-state index is 3.74. The lowest BCUT2D eigenvalue weighted by Gasteiger charge is -2.30. The number of hydrogen-bond acceptors (Lipinski definition) is 1. The minimum absolute atomic E-state index is 0.727. The van der Waals surface area contributed by atoms with Crippen LogP contribution in [0, 0.1) is 11.8 Å². The number of hydrogen-bond donors (Lipinski definition) is 1. The predicted molar refractivity (Wildman–Crippen MR) is 70.2 cm³/mol. The zero-order valence-electron chi connectivity index (χ0n) is 11.5. The van der Waals surface area contributed by atoms with E-state index in [-0.39, 0.29) is 0 Å². The fourth-order valence-corrected chi connectivity index (χ4v) is 2.54. The molecular weight excluding hydrogens is 182 g/mol. The smallest absolute Gasteiger partial charge is 0.0118 e. The van der Waals surface area contributed by atoms with E-state index in [9.17, 15) is 0 Å². The predicted octanol–water partition coefficient (Wildman–Crippen LogP) is 4.23. The molecule has 0 saturated heterocycles. The molecule has 0 rings (SSSR count). The van der Waals surface area contributed by atoms with Crippen molar-refractivity contribution in [1.82, 2.24) is 5.32 Å². The maximum Gasteiger partial charge on any atom is 0.0118 e. The standard InChI is InChI=1S/C14H31N/c1-6-9-12(4)14(15-11-8-3)13(5)10-7-2/h12-15H,6-11H2,1-5H3. The zero-order valence-corrected chi connectivity index (χ0v) is 11.5. The minimum atomic E-state index is 0.727. The van der Waals surface area contributed by atoms with Crippen molar-refractivity contribution < 1.29 is 0 Å². The van der Waals surface area contributed by atoms with E-state index in [1.165, 1.54) is 38.6 Å². The summed E-state index contributed by atoms with van der Waals surface area (Å²) in [6.45, 7) is 12.8. The van der Waals surface area contributed by atoms with Gasteiger partial charge >= 0.3 is 0 Å². The van der Waals surface area contributed by atoms with Crippen molar-refractivity contribution in [2.45, 2.75) is 72.8 Å². The number of rotatable bonds is 9. The van der Waals surface area contributed by atoms with Gasteiger partial charge in [-0.1, -0.05) is 47.5 Å². The highest BCUT2D eigenvalue weighted by molar-refractivity contribution is 4.78. The summed E-state index contributed by atoms with van der Waals surface area (Å²) >= 11 is 0. The average molecular weight is 213 g/mol. The van der Waals surface area contributed by atoms with Crippen LogP contribution in [0.5, 0.6) is 0 Å². The van der Waals surface area contributed by atoms with Crippen LogP contribution in [0.4, 0.5) is 0 Å². The van der Waals surface area contributed by atoms with Crippen LogP contribution in [-0.4, -0.2) is 12.6 Å². The SMILES string of the molecule is CCCNC(C(C)CCC)C(C)CCC. The van der Waals surface area contributed by atoms with Gasteiger partial charge in [0, 0.05) is 6.04 Å². The van der Waals surface area contributed by atoms with Crippen molar-refractivity contribution >= 4 is 0 Å². The normalized spacial score (nSPS) is 17.4. The van der Waals surface area contributed by atoms with Crippen LogP contribution in [0.2, 0.25) is 0 Å². The second kappa shape index (κ2) is 9.21. The highest BCUT2D eigenvalue weighted by Crippen LogP contribution is 2.21. The molecule has 92 valence electrons. The molecule has 0 radical (unpaired) electrons. The Bertz CT molecular complexity index is 121. The van der Waals surface area contributed by atoms with Gasteiger partial charge in [0.2, 0.25) is 0 Å². The molecule has 1 N–H and O–H groups in total. The summed E-state index contributed by atoms with van der Waals surface area (Å²) in [6.07, 6.45) is 6.58. The fraction of sp³-hybridized carbons (Fsp3) is 1.00. The minimum Gasteiger partial charge on any atom is -0.313 e. The summed E-state index contributed by atoms with van der Waals surface area (Å²) in [6, 6.07) is 0.727. The summed E-state index contributed by atoms with van der Waals surface area (Å²) in [7, 11) is 0. The van der Waals surface area contributed by atoms with Gasteiger partial charge in [0.25, 0.3) is 0 Å². The van der Waals surface area contributed by atoms with E-state index in [0.717, 1.165) is 17.9 Å². The van der Waals surface area contributed by atoms with Gasteiger partial charge in [0.05, 0.1) is 0 Å². The molecular formula is C14H31N. The van der Waals surface area contributed by atoms with Crippen LogP contribution in [0.15, 0.2) is 0 Å². The quantitative estimate of drug-likeness (QED) is 0.604. The Morgan fingerprint density at radius 3 is 1.60 bits per heavy atom. The summed E-state index contributed by atoms with van der Waals surface area (Å²) in [5.74, 6) is 1.64. The van der Waals surface area contributed by atoms with Crippen molar-refractivity contribution in [1.29, 1.82) is 0 Å². The Balaban J connectivity index is 4.14. The average Bonchev–Trinajstić information content (AvgIpc) is 2.19.